The second-order valence-electron chi connectivity index (χ2n) is 7.00. The molecule has 1 aliphatic carbocycles. The number of nitrogens with zero attached hydrogens (tertiary/aromatic N) is 1. The second kappa shape index (κ2) is 5.30. The van der Waals surface area contributed by atoms with Crippen LogP contribution in [0.15, 0.2) is 30.5 Å². The SMILES string of the molecule is CC(C)Cc1ccc(-c2cnc(C(C)(N)C3CC3)[nH]2)cc1. The molecular weight excluding hydrogens is 258 g/mol. The molecule has 1 unspecified atom stereocenters. The van der Waals surface area contributed by atoms with E-state index in [4.69, 9.17) is 5.73 Å². The molecule has 21 heavy (non-hydrogen) atoms. The minimum Gasteiger partial charge on any atom is -0.340 e. The average Bonchev–Trinajstić information content (AvgIpc) is 3.17. The van der Waals surface area contributed by atoms with Crippen molar-refractivity contribution < 1.29 is 0 Å². The highest BCUT2D eigenvalue weighted by Gasteiger charge is 2.41. The Kier molecular flexibility index (Phi) is 3.62. The van der Waals surface area contributed by atoms with Gasteiger partial charge in [0.15, 0.2) is 0 Å². The molecule has 0 aliphatic heterocycles. The zero-order valence-electron chi connectivity index (χ0n) is 13.2. The molecule has 0 bridgehead atoms. The smallest absolute Gasteiger partial charge is 0.126 e. The van der Waals surface area contributed by atoms with Crippen LogP contribution in [0.1, 0.15) is 45.0 Å². The van der Waals surface area contributed by atoms with Crippen LogP contribution in [0.25, 0.3) is 11.3 Å². The minimum absolute atomic E-state index is 0.324. The molecule has 1 aromatic heterocycles. The highest BCUT2D eigenvalue weighted by atomic mass is 15.0. The standard InChI is InChI=1S/C18H25N3/c1-12(2)10-13-4-6-14(7-5-13)16-11-20-17(21-16)18(3,19)15-8-9-15/h4-7,11-12,15H,8-10,19H2,1-3H3,(H,20,21). The Hall–Kier alpha value is -1.61. The van der Waals surface area contributed by atoms with Gasteiger partial charge in [-0.3, -0.25) is 0 Å². The van der Waals surface area contributed by atoms with E-state index in [0.717, 1.165) is 17.9 Å². The third-order valence-electron chi connectivity index (χ3n) is 4.42. The number of benzene rings is 1. The Morgan fingerprint density at radius 3 is 2.52 bits per heavy atom. The molecule has 3 heteroatoms. The summed E-state index contributed by atoms with van der Waals surface area (Å²) in [5, 5.41) is 0. The average molecular weight is 283 g/mol. The van der Waals surface area contributed by atoms with Crippen LogP contribution < -0.4 is 5.73 Å². The summed E-state index contributed by atoms with van der Waals surface area (Å²) in [6.45, 7) is 6.57. The van der Waals surface area contributed by atoms with Crippen molar-refractivity contribution in [2.24, 2.45) is 17.6 Å². The molecule has 0 saturated heterocycles. The lowest BCUT2D eigenvalue weighted by atomic mass is 9.96. The van der Waals surface area contributed by atoms with Crippen LogP contribution in [-0.4, -0.2) is 9.97 Å². The first-order chi connectivity index (χ1) is 9.96. The first-order valence-corrected chi connectivity index (χ1v) is 7.90. The molecule has 3 N–H and O–H groups in total. The van der Waals surface area contributed by atoms with E-state index in [-0.39, 0.29) is 5.54 Å². The van der Waals surface area contributed by atoms with Crippen LogP contribution in [0.2, 0.25) is 0 Å². The number of hydrogen-bond acceptors (Lipinski definition) is 2. The fourth-order valence-electron chi connectivity index (χ4n) is 2.91. The van der Waals surface area contributed by atoms with Gasteiger partial charge in [0.05, 0.1) is 17.4 Å². The highest BCUT2D eigenvalue weighted by molar-refractivity contribution is 5.59. The van der Waals surface area contributed by atoms with E-state index in [0.29, 0.717) is 11.8 Å². The third-order valence-corrected chi connectivity index (χ3v) is 4.42. The fraction of sp³-hybridized carbons (Fsp3) is 0.500. The molecule has 1 saturated carbocycles. The Morgan fingerprint density at radius 1 is 1.29 bits per heavy atom. The normalized spacial score (nSPS) is 18.0. The number of nitrogens with one attached hydrogen (secondary N) is 1. The highest BCUT2D eigenvalue weighted by Crippen LogP contribution is 2.43. The Balaban J connectivity index is 1.79. The topological polar surface area (TPSA) is 54.7 Å². The lowest BCUT2D eigenvalue weighted by molar-refractivity contribution is 0.404. The summed E-state index contributed by atoms with van der Waals surface area (Å²) in [7, 11) is 0. The number of aromatic nitrogens is 2. The van der Waals surface area contributed by atoms with E-state index in [2.05, 4.69) is 55.0 Å². The van der Waals surface area contributed by atoms with Crippen molar-refractivity contribution >= 4 is 0 Å². The van der Waals surface area contributed by atoms with Crippen molar-refractivity contribution in [3.05, 3.63) is 41.9 Å². The number of hydrogen-bond donors (Lipinski definition) is 2. The summed E-state index contributed by atoms with van der Waals surface area (Å²) in [5.41, 5.74) is 9.71. The van der Waals surface area contributed by atoms with Gasteiger partial charge in [0.25, 0.3) is 0 Å². The number of nitrogens with two attached hydrogens (primary N) is 1. The fourth-order valence-corrected chi connectivity index (χ4v) is 2.91. The third kappa shape index (κ3) is 3.03. The van der Waals surface area contributed by atoms with Crippen LogP contribution in [-0.2, 0) is 12.0 Å². The first-order valence-electron chi connectivity index (χ1n) is 7.90. The summed E-state index contributed by atoms with van der Waals surface area (Å²) in [5.74, 6) is 2.17. The van der Waals surface area contributed by atoms with Gasteiger partial charge in [-0.1, -0.05) is 38.1 Å². The minimum atomic E-state index is -0.324. The maximum absolute atomic E-state index is 6.42. The molecule has 0 amide bonds. The van der Waals surface area contributed by atoms with E-state index in [1.807, 2.05) is 6.20 Å². The van der Waals surface area contributed by atoms with Gasteiger partial charge in [-0.05, 0) is 49.1 Å². The van der Waals surface area contributed by atoms with Crippen molar-refractivity contribution in [1.29, 1.82) is 0 Å². The Morgan fingerprint density at radius 2 is 1.95 bits per heavy atom. The molecule has 112 valence electrons. The van der Waals surface area contributed by atoms with Crippen molar-refractivity contribution in [2.75, 3.05) is 0 Å². The van der Waals surface area contributed by atoms with Crippen molar-refractivity contribution in [2.45, 2.75) is 45.6 Å². The van der Waals surface area contributed by atoms with Gasteiger partial charge in [0.1, 0.15) is 5.82 Å². The molecule has 3 rings (SSSR count). The molecule has 0 radical (unpaired) electrons. The van der Waals surface area contributed by atoms with E-state index >= 15 is 0 Å². The van der Waals surface area contributed by atoms with Gasteiger partial charge in [0.2, 0.25) is 0 Å². The quantitative estimate of drug-likeness (QED) is 0.875. The summed E-state index contributed by atoms with van der Waals surface area (Å²) >= 11 is 0. The van der Waals surface area contributed by atoms with E-state index in [1.165, 1.54) is 24.0 Å². The van der Waals surface area contributed by atoms with Gasteiger partial charge >= 0.3 is 0 Å². The van der Waals surface area contributed by atoms with E-state index < -0.39 is 0 Å². The lowest BCUT2D eigenvalue weighted by Gasteiger charge is -2.21. The molecule has 1 aliphatic rings. The van der Waals surface area contributed by atoms with Crippen molar-refractivity contribution in [3.63, 3.8) is 0 Å². The van der Waals surface area contributed by atoms with E-state index in [9.17, 15) is 0 Å². The van der Waals surface area contributed by atoms with Crippen molar-refractivity contribution in [3.8, 4) is 11.3 Å². The molecular formula is C18H25N3. The maximum atomic E-state index is 6.42. The Labute approximate surface area is 127 Å². The molecule has 1 aromatic carbocycles. The van der Waals surface area contributed by atoms with Crippen LogP contribution in [0, 0.1) is 11.8 Å². The first kappa shape index (κ1) is 14.3. The van der Waals surface area contributed by atoms with Crippen LogP contribution in [0.3, 0.4) is 0 Å². The summed E-state index contributed by atoms with van der Waals surface area (Å²) in [6.07, 6.45) is 5.46. The van der Waals surface area contributed by atoms with Crippen molar-refractivity contribution in [1.82, 2.24) is 9.97 Å². The summed E-state index contributed by atoms with van der Waals surface area (Å²) < 4.78 is 0. The van der Waals surface area contributed by atoms with Gasteiger partial charge in [0, 0.05) is 0 Å². The Bertz CT molecular complexity index is 604. The largest absolute Gasteiger partial charge is 0.340 e. The van der Waals surface area contributed by atoms with Gasteiger partial charge in [-0.15, -0.1) is 0 Å². The van der Waals surface area contributed by atoms with Gasteiger partial charge < -0.3 is 10.7 Å². The molecule has 3 nitrogen and oxygen atoms in total. The maximum Gasteiger partial charge on any atom is 0.126 e. The van der Waals surface area contributed by atoms with Crippen LogP contribution >= 0.6 is 0 Å². The summed E-state index contributed by atoms with van der Waals surface area (Å²) in [6, 6.07) is 8.75. The molecule has 0 spiro atoms. The number of H-pyrrole nitrogens is 1. The zero-order chi connectivity index (χ0) is 15.0. The number of rotatable bonds is 5. The molecule has 1 atom stereocenters. The van der Waals surface area contributed by atoms with Gasteiger partial charge in [-0.25, -0.2) is 4.98 Å². The molecule has 1 fully saturated rings. The monoisotopic (exact) mass is 283 g/mol. The number of aromatic amines is 1. The predicted octanol–water partition coefficient (Wildman–Crippen LogP) is 3.86. The second-order valence-corrected chi connectivity index (χ2v) is 7.00. The zero-order valence-corrected chi connectivity index (χ0v) is 13.2. The van der Waals surface area contributed by atoms with E-state index in [1.54, 1.807) is 0 Å². The number of imidazole rings is 1. The molecule has 1 heterocycles. The van der Waals surface area contributed by atoms with Crippen LogP contribution in [0.4, 0.5) is 0 Å². The summed E-state index contributed by atoms with van der Waals surface area (Å²) in [4.78, 5) is 7.93. The lowest BCUT2D eigenvalue weighted by Crippen LogP contribution is -2.36. The predicted molar refractivity (Wildman–Crippen MR) is 86.8 cm³/mol. The van der Waals surface area contributed by atoms with Gasteiger partial charge in [-0.2, -0.15) is 0 Å². The molecule has 2 aromatic rings. The van der Waals surface area contributed by atoms with Crippen LogP contribution in [0.5, 0.6) is 0 Å².